The Balaban J connectivity index is 3.33. The maximum absolute atomic E-state index is 10.3. The van der Waals surface area contributed by atoms with Gasteiger partial charge in [0, 0.05) is 0 Å². The van der Waals surface area contributed by atoms with E-state index in [1.54, 1.807) is 6.92 Å². The van der Waals surface area contributed by atoms with Crippen LogP contribution in [0.1, 0.15) is 39.5 Å². The fourth-order valence-corrected chi connectivity index (χ4v) is 2.02. The number of rotatable bonds is 9. The average molecular weight is 258 g/mol. The molecule has 0 saturated carbocycles. The van der Waals surface area contributed by atoms with Gasteiger partial charge in [0.1, 0.15) is 5.44 Å². The molecular formula is C8H19O5PS. The molecule has 0 radical (unpaired) electrons. The van der Waals surface area contributed by atoms with Crippen LogP contribution in [0.2, 0.25) is 0 Å². The van der Waals surface area contributed by atoms with Gasteiger partial charge in [-0.15, -0.1) is 16.4 Å². The summed E-state index contributed by atoms with van der Waals surface area (Å²) in [4.78, 5) is 21.2. The summed E-state index contributed by atoms with van der Waals surface area (Å²) in [6, 6.07) is 0. The fourth-order valence-electron chi connectivity index (χ4n) is 0.923. The Bertz CT molecular complexity index is 195. The summed E-state index contributed by atoms with van der Waals surface area (Å²) >= 11 is 1.48. The summed E-state index contributed by atoms with van der Waals surface area (Å²) in [6.45, 7) is 3.84. The highest BCUT2D eigenvalue weighted by Crippen LogP contribution is 2.37. The van der Waals surface area contributed by atoms with Crippen LogP contribution in [0.15, 0.2) is 0 Å². The van der Waals surface area contributed by atoms with Crippen molar-refractivity contribution in [3.05, 3.63) is 0 Å². The lowest BCUT2D eigenvalue weighted by molar-refractivity contribution is -0.229. The van der Waals surface area contributed by atoms with E-state index in [-0.39, 0.29) is 5.44 Å². The average Bonchev–Trinajstić information content (AvgIpc) is 2.13. The van der Waals surface area contributed by atoms with Crippen LogP contribution in [-0.2, 0) is 14.1 Å². The smallest absolute Gasteiger partial charge is 0.301 e. The molecule has 0 heterocycles. The van der Waals surface area contributed by atoms with Gasteiger partial charge in [-0.3, -0.25) is 0 Å². The van der Waals surface area contributed by atoms with E-state index in [2.05, 4.69) is 16.5 Å². The van der Waals surface area contributed by atoms with Gasteiger partial charge in [-0.2, -0.15) is 0 Å². The lowest BCUT2D eigenvalue weighted by Crippen LogP contribution is -2.04. The van der Waals surface area contributed by atoms with Gasteiger partial charge in [-0.1, -0.05) is 26.2 Å². The third-order valence-electron chi connectivity index (χ3n) is 1.63. The molecule has 1 unspecified atom stereocenters. The minimum Gasteiger partial charge on any atom is -0.301 e. The molecular weight excluding hydrogens is 239 g/mol. The summed E-state index contributed by atoms with van der Waals surface area (Å²) in [5, 5.41) is 0. The van der Waals surface area contributed by atoms with E-state index in [1.165, 1.54) is 31.0 Å². The molecule has 0 aromatic carbocycles. The van der Waals surface area contributed by atoms with Crippen molar-refractivity contribution in [2.24, 2.45) is 0 Å². The Morgan fingerprint density at radius 2 is 2.00 bits per heavy atom. The van der Waals surface area contributed by atoms with Crippen molar-refractivity contribution in [3.8, 4) is 0 Å². The molecule has 0 bridgehead atoms. The summed E-state index contributed by atoms with van der Waals surface area (Å²) in [6.07, 6.45) is 4.67. The molecule has 2 N–H and O–H groups in total. The van der Waals surface area contributed by atoms with Crippen LogP contribution in [0.3, 0.4) is 0 Å². The van der Waals surface area contributed by atoms with Gasteiger partial charge in [0.15, 0.2) is 0 Å². The molecule has 0 fully saturated rings. The zero-order valence-corrected chi connectivity index (χ0v) is 10.8. The molecule has 1 atom stereocenters. The normalized spacial score (nSPS) is 14.1. The lowest BCUT2D eigenvalue weighted by atomic mass is 10.2. The van der Waals surface area contributed by atoms with Crippen LogP contribution in [-0.4, -0.2) is 21.0 Å². The van der Waals surface area contributed by atoms with Crippen molar-refractivity contribution in [3.63, 3.8) is 0 Å². The second kappa shape index (κ2) is 8.56. The maximum atomic E-state index is 10.3. The Hall–Kier alpha value is 0.420. The Kier molecular flexibility index (Phi) is 8.80. The maximum Gasteiger partial charge on any atom is 0.496 e. The van der Waals surface area contributed by atoms with Gasteiger partial charge < -0.3 is 9.79 Å². The molecule has 0 rings (SSSR count). The van der Waals surface area contributed by atoms with Crippen molar-refractivity contribution in [1.82, 2.24) is 0 Å². The van der Waals surface area contributed by atoms with E-state index in [1.807, 2.05) is 0 Å². The first kappa shape index (κ1) is 15.4. The summed E-state index contributed by atoms with van der Waals surface area (Å²) in [5.74, 6) is 0.908. The second-order valence-electron chi connectivity index (χ2n) is 3.16. The number of unbranched alkanes of at least 4 members (excludes halogenated alkanes) is 3. The molecule has 0 aliphatic rings. The Morgan fingerprint density at radius 1 is 1.33 bits per heavy atom. The third-order valence-corrected chi connectivity index (χ3v) is 2.98. The lowest BCUT2D eigenvalue weighted by Gasteiger charge is -2.11. The van der Waals surface area contributed by atoms with Crippen LogP contribution >= 0.6 is 19.6 Å². The van der Waals surface area contributed by atoms with Gasteiger partial charge >= 0.3 is 7.82 Å². The summed E-state index contributed by atoms with van der Waals surface area (Å²) in [7, 11) is -4.50. The van der Waals surface area contributed by atoms with Gasteiger partial charge in [0.25, 0.3) is 0 Å². The molecule has 15 heavy (non-hydrogen) atoms. The standard InChI is InChI=1S/C8H19O5PS/c1-3-4-5-6-7-15-8(2)12-13-14(9,10)11/h8H,3-7H2,1-2H3,(H2,9,10,11). The predicted octanol–water partition coefficient (Wildman–Crippen LogP) is 2.69. The van der Waals surface area contributed by atoms with Gasteiger partial charge in [-0.05, 0) is 19.1 Å². The molecule has 0 aliphatic heterocycles. The molecule has 92 valence electrons. The van der Waals surface area contributed by atoms with Gasteiger partial charge in [0.05, 0.1) is 0 Å². The zero-order valence-electron chi connectivity index (χ0n) is 9.09. The number of hydrogen-bond donors (Lipinski definition) is 2. The van der Waals surface area contributed by atoms with Crippen LogP contribution in [0, 0.1) is 0 Å². The van der Waals surface area contributed by atoms with E-state index in [0.29, 0.717) is 0 Å². The third kappa shape index (κ3) is 12.4. The molecule has 0 saturated heterocycles. The Labute approximate surface area is 94.7 Å². The summed E-state index contributed by atoms with van der Waals surface area (Å²) < 4.78 is 14.2. The highest BCUT2D eigenvalue weighted by molar-refractivity contribution is 7.99. The molecule has 0 aromatic heterocycles. The van der Waals surface area contributed by atoms with E-state index in [0.717, 1.165) is 12.2 Å². The molecule has 0 aliphatic carbocycles. The SMILES string of the molecule is CCCCCCSC(C)OOP(=O)(O)O. The van der Waals surface area contributed by atoms with Crippen molar-refractivity contribution in [2.75, 3.05) is 5.75 Å². The molecule has 0 aromatic rings. The summed E-state index contributed by atoms with van der Waals surface area (Å²) in [5.41, 5.74) is -0.362. The number of phosphoric acid groups is 1. The Morgan fingerprint density at radius 3 is 2.53 bits per heavy atom. The topological polar surface area (TPSA) is 76.0 Å². The predicted molar refractivity (Wildman–Crippen MR) is 60.3 cm³/mol. The van der Waals surface area contributed by atoms with Crippen LogP contribution in [0.5, 0.6) is 0 Å². The highest BCUT2D eigenvalue weighted by Gasteiger charge is 2.17. The van der Waals surface area contributed by atoms with Crippen LogP contribution in [0.4, 0.5) is 0 Å². The van der Waals surface area contributed by atoms with Crippen molar-refractivity contribution < 1.29 is 23.9 Å². The minimum atomic E-state index is -4.50. The first-order valence-electron chi connectivity index (χ1n) is 4.98. The monoisotopic (exact) mass is 258 g/mol. The van der Waals surface area contributed by atoms with Crippen molar-refractivity contribution in [1.29, 1.82) is 0 Å². The van der Waals surface area contributed by atoms with E-state index in [4.69, 9.17) is 9.79 Å². The van der Waals surface area contributed by atoms with E-state index >= 15 is 0 Å². The fraction of sp³-hybridized carbons (Fsp3) is 1.00. The second-order valence-corrected chi connectivity index (χ2v) is 5.70. The van der Waals surface area contributed by atoms with Gasteiger partial charge in [-0.25, -0.2) is 9.45 Å². The van der Waals surface area contributed by atoms with Crippen molar-refractivity contribution >= 4 is 19.6 Å². The zero-order chi connectivity index (χ0) is 11.7. The van der Waals surface area contributed by atoms with E-state index in [9.17, 15) is 4.57 Å². The highest BCUT2D eigenvalue weighted by atomic mass is 32.2. The number of thioether (sulfide) groups is 1. The largest absolute Gasteiger partial charge is 0.496 e. The first-order chi connectivity index (χ1) is 6.95. The molecule has 7 heteroatoms. The van der Waals surface area contributed by atoms with E-state index < -0.39 is 7.82 Å². The quantitative estimate of drug-likeness (QED) is 0.218. The number of hydrogen-bond acceptors (Lipinski definition) is 4. The minimum absolute atomic E-state index is 0.362. The molecule has 0 amide bonds. The van der Waals surface area contributed by atoms with Crippen molar-refractivity contribution in [2.45, 2.75) is 45.0 Å². The molecule has 5 nitrogen and oxygen atoms in total. The van der Waals surface area contributed by atoms with Crippen LogP contribution in [0.25, 0.3) is 0 Å². The van der Waals surface area contributed by atoms with Gasteiger partial charge in [0.2, 0.25) is 0 Å². The molecule has 0 spiro atoms. The van der Waals surface area contributed by atoms with Crippen LogP contribution < -0.4 is 0 Å². The first-order valence-corrected chi connectivity index (χ1v) is 7.56.